The number of carbonyl (C=O) groups excluding carboxylic acids is 1. The molecule has 0 aromatic heterocycles. The zero-order valence-electron chi connectivity index (χ0n) is 12.4. The van der Waals surface area contributed by atoms with Crippen molar-refractivity contribution in [3.8, 4) is 0 Å². The maximum absolute atomic E-state index is 13.0. The lowest BCUT2D eigenvalue weighted by atomic mass is 9.97. The summed E-state index contributed by atoms with van der Waals surface area (Å²) in [4.78, 5) is 13.0. The Morgan fingerprint density at radius 3 is 2.62 bits per heavy atom. The van der Waals surface area contributed by atoms with Crippen LogP contribution in [0.2, 0.25) is 0 Å². The van der Waals surface area contributed by atoms with E-state index in [2.05, 4.69) is 18.2 Å². The van der Waals surface area contributed by atoms with E-state index in [-0.39, 0.29) is 5.25 Å². The molecule has 0 spiro atoms. The first-order chi connectivity index (χ1) is 10.4. The lowest BCUT2D eigenvalue weighted by Gasteiger charge is -2.15. The van der Waals surface area contributed by atoms with Crippen molar-refractivity contribution in [1.29, 1.82) is 0 Å². The van der Waals surface area contributed by atoms with E-state index in [1.165, 1.54) is 32.1 Å². The minimum Gasteiger partial charge on any atom is -0.293 e. The summed E-state index contributed by atoms with van der Waals surface area (Å²) in [7, 11) is 0. The summed E-state index contributed by atoms with van der Waals surface area (Å²) in [6.07, 6.45) is 7.41. The second-order valence-corrected chi connectivity index (χ2v) is 7.12. The molecule has 1 fully saturated rings. The summed E-state index contributed by atoms with van der Waals surface area (Å²) < 4.78 is 0. The molecule has 2 aromatic rings. The van der Waals surface area contributed by atoms with Crippen LogP contribution in [0.15, 0.2) is 42.5 Å². The highest BCUT2D eigenvalue weighted by atomic mass is 32.2. The van der Waals surface area contributed by atoms with Crippen LogP contribution in [0.4, 0.5) is 0 Å². The summed E-state index contributed by atoms with van der Waals surface area (Å²) in [6, 6.07) is 14.3. The predicted molar refractivity (Wildman–Crippen MR) is 92.2 cm³/mol. The second-order valence-electron chi connectivity index (χ2n) is 5.81. The molecular weight excluding hydrogens is 276 g/mol. The zero-order valence-corrected chi connectivity index (χ0v) is 13.2. The first-order valence-corrected chi connectivity index (χ1v) is 9.05. The molecule has 21 heavy (non-hydrogen) atoms. The Labute approximate surface area is 131 Å². The van der Waals surface area contributed by atoms with E-state index in [1.54, 1.807) is 0 Å². The smallest absolute Gasteiger partial charge is 0.176 e. The fourth-order valence-corrected chi connectivity index (χ4v) is 4.36. The molecule has 1 nitrogen and oxygen atoms in total. The highest BCUT2D eigenvalue weighted by Crippen LogP contribution is 2.28. The fourth-order valence-electron chi connectivity index (χ4n) is 3.09. The summed E-state index contributed by atoms with van der Waals surface area (Å²) in [5.74, 6) is 1.46. The maximum atomic E-state index is 13.0. The molecule has 3 rings (SSSR count). The van der Waals surface area contributed by atoms with Gasteiger partial charge in [-0.25, -0.2) is 0 Å². The van der Waals surface area contributed by atoms with Crippen LogP contribution < -0.4 is 0 Å². The number of ketones is 1. The van der Waals surface area contributed by atoms with E-state index in [0.717, 1.165) is 28.5 Å². The lowest BCUT2D eigenvalue weighted by Crippen LogP contribution is -2.18. The molecule has 0 aliphatic carbocycles. The van der Waals surface area contributed by atoms with Crippen LogP contribution in [0.5, 0.6) is 0 Å². The summed E-state index contributed by atoms with van der Waals surface area (Å²) in [5.41, 5.74) is 0.907. The predicted octanol–water partition coefficient (Wildman–Crippen LogP) is 5.48. The van der Waals surface area contributed by atoms with Gasteiger partial charge in [0.05, 0.1) is 5.25 Å². The van der Waals surface area contributed by atoms with E-state index in [0.29, 0.717) is 5.78 Å². The minimum atomic E-state index is 0.147. The van der Waals surface area contributed by atoms with Gasteiger partial charge in [0.15, 0.2) is 5.78 Å². The van der Waals surface area contributed by atoms with Crippen molar-refractivity contribution in [3.63, 3.8) is 0 Å². The van der Waals surface area contributed by atoms with Crippen molar-refractivity contribution in [2.75, 3.05) is 5.75 Å². The van der Waals surface area contributed by atoms with Crippen LogP contribution in [0.25, 0.3) is 10.8 Å². The van der Waals surface area contributed by atoms with E-state index >= 15 is 0 Å². The number of hydrogen-bond acceptors (Lipinski definition) is 2. The SMILES string of the molecule is O=C(c1cccc2ccccc12)C1CCCCCCCS1. The van der Waals surface area contributed by atoms with Gasteiger partial charge in [-0.1, -0.05) is 68.1 Å². The van der Waals surface area contributed by atoms with Gasteiger partial charge in [0.25, 0.3) is 0 Å². The zero-order chi connectivity index (χ0) is 14.5. The molecule has 110 valence electrons. The molecule has 1 saturated heterocycles. The Balaban J connectivity index is 1.88. The van der Waals surface area contributed by atoms with Gasteiger partial charge in [-0.05, 0) is 29.4 Å². The number of hydrogen-bond donors (Lipinski definition) is 0. The number of fused-ring (bicyclic) bond motifs is 1. The second kappa shape index (κ2) is 7.13. The molecule has 1 aliphatic rings. The Hall–Kier alpha value is -1.28. The van der Waals surface area contributed by atoms with Crippen molar-refractivity contribution in [2.45, 2.75) is 43.8 Å². The number of thioether (sulfide) groups is 1. The number of carbonyl (C=O) groups is 1. The maximum Gasteiger partial charge on any atom is 0.176 e. The largest absolute Gasteiger partial charge is 0.293 e. The van der Waals surface area contributed by atoms with Crippen LogP contribution in [-0.4, -0.2) is 16.8 Å². The van der Waals surface area contributed by atoms with Crippen molar-refractivity contribution in [3.05, 3.63) is 48.0 Å². The first kappa shape index (κ1) is 14.6. The third-order valence-electron chi connectivity index (χ3n) is 4.28. The molecule has 0 amide bonds. The molecule has 0 N–H and O–H groups in total. The van der Waals surface area contributed by atoms with Gasteiger partial charge in [-0.2, -0.15) is 11.8 Å². The van der Waals surface area contributed by atoms with Crippen molar-refractivity contribution in [2.24, 2.45) is 0 Å². The van der Waals surface area contributed by atoms with Gasteiger partial charge in [-0.15, -0.1) is 0 Å². The number of rotatable bonds is 2. The Kier molecular flexibility index (Phi) is 4.97. The normalized spacial score (nSPS) is 20.5. The van der Waals surface area contributed by atoms with Crippen LogP contribution in [0.1, 0.15) is 48.9 Å². The van der Waals surface area contributed by atoms with Gasteiger partial charge < -0.3 is 0 Å². The summed E-state index contributed by atoms with van der Waals surface area (Å²) >= 11 is 1.87. The summed E-state index contributed by atoms with van der Waals surface area (Å²) in [6.45, 7) is 0. The monoisotopic (exact) mass is 298 g/mol. The summed E-state index contributed by atoms with van der Waals surface area (Å²) in [5, 5.41) is 2.41. The third kappa shape index (κ3) is 3.49. The van der Waals surface area contributed by atoms with Gasteiger partial charge in [0.1, 0.15) is 0 Å². The molecule has 2 aromatic carbocycles. The van der Waals surface area contributed by atoms with Crippen molar-refractivity contribution >= 4 is 28.3 Å². The fraction of sp³-hybridized carbons (Fsp3) is 0.421. The van der Waals surface area contributed by atoms with E-state index < -0.39 is 0 Å². The molecule has 0 radical (unpaired) electrons. The molecule has 1 aliphatic heterocycles. The molecular formula is C19H22OS. The van der Waals surface area contributed by atoms with Gasteiger partial charge >= 0.3 is 0 Å². The molecule has 2 heteroatoms. The third-order valence-corrected chi connectivity index (χ3v) is 5.65. The Morgan fingerprint density at radius 2 is 1.67 bits per heavy atom. The van der Waals surface area contributed by atoms with Crippen LogP contribution in [0.3, 0.4) is 0 Å². The standard InChI is InChI=1S/C19H22OS/c20-19(18-13-4-2-1-3-7-14-21-18)17-12-8-10-15-9-5-6-11-16(15)17/h5-6,8-12,18H,1-4,7,13-14H2. The Bertz CT molecular complexity index is 604. The van der Waals surface area contributed by atoms with Crippen molar-refractivity contribution in [1.82, 2.24) is 0 Å². The van der Waals surface area contributed by atoms with Crippen molar-refractivity contribution < 1.29 is 4.79 Å². The minimum absolute atomic E-state index is 0.147. The van der Waals surface area contributed by atoms with E-state index in [1.807, 2.05) is 36.0 Å². The number of Topliss-reactive ketones (excluding diaryl/α,β-unsaturated/α-hetero) is 1. The molecule has 0 bridgehead atoms. The molecule has 1 unspecified atom stereocenters. The molecule has 1 atom stereocenters. The van der Waals surface area contributed by atoms with Gasteiger partial charge in [0.2, 0.25) is 0 Å². The van der Waals surface area contributed by atoms with Gasteiger partial charge in [-0.3, -0.25) is 4.79 Å². The van der Waals surface area contributed by atoms with Gasteiger partial charge in [0, 0.05) is 5.56 Å². The van der Waals surface area contributed by atoms with Crippen LogP contribution in [-0.2, 0) is 0 Å². The Morgan fingerprint density at radius 1 is 0.905 bits per heavy atom. The quantitative estimate of drug-likeness (QED) is 0.683. The lowest BCUT2D eigenvalue weighted by molar-refractivity contribution is 0.0987. The molecule has 1 heterocycles. The molecule has 0 saturated carbocycles. The highest BCUT2D eigenvalue weighted by Gasteiger charge is 2.22. The first-order valence-electron chi connectivity index (χ1n) is 8.00. The number of benzene rings is 2. The van der Waals surface area contributed by atoms with Crippen LogP contribution >= 0.6 is 11.8 Å². The highest BCUT2D eigenvalue weighted by molar-refractivity contribution is 8.00. The van der Waals surface area contributed by atoms with Crippen LogP contribution in [0, 0.1) is 0 Å². The average Bonchev–Trinajstić information content (AvgIpc) is 2.67. The van der Waals surface area contributed by atoms with E-state index in [9.17, 15) is 4.79 Å². The average molecular weight is 298 g/mol. The van der Waals surface area contributed by atoms with E-state index in [4.69, 9.17) is 0 Å². The topological polar surface area (TPSA) is 17.1 Å².